The number of pyridine rings is 1. The molecule has 9 heteroatoms. The van der Waals surface area contributed by atoms with Crippen LogP contribution in [0.2, 0.25) is 0 Å². The van der Waals surface area contributed by atoms with Crippen LogP contribution in [0.4, 0.5) is 5.82 Å². The van der Waals surface area contributed by atoms with Crippen LogP contribution < -0.4 is 4.90 Å². The Morgan fingerprint density at radius 3 is 2.40 bits per heavy atom. The van der Waals surface area contributed by atoms with E-state index >= 15 is 0 Å². The van der Waals surface area contributed by atoms with Gasteiger partial charge in [-0.3, -0.25) is 4.90 Å². The second-order valence-electron chi connectivity index (χ2n) is 6.51. The Labute approximate surface area is 147 Å². The van der Waals surface area contributed by atoms with Crippen LogP contribution in [-0.2, 0) is 17.1 Å². The van der Waals surface area contributed by atoms with E-state index in [2.05, 4.69) is 19.8 Å². The summed E-state index contributed by atoms with van der Waals surface area (Å²) in [7, 11) is -1.77. The largest absolute Gasteiger partial charge is 0.354 e. The molecule has 2 aromatic rings. The standard InChI is InChI=1S/C16H22N6O2S/c1-19-7-6-18-16(19)25(23,24)22-12-14(13-22)20-8-10-21(11-9-20)15-4-2-3-5-17-15/h2-7,14H,8-13H2,1H3. The van der Waals surface area contributed by atoms with Gasteiger partial charge in [-0.05, 0) is 12.1 Å². The van der Waals surface area contributed by atoms with Gasteiger partial charge in [0, 0.05) is 70.9 Å². The number of hydrogen-bond acceptors (Lipinski definition) is 6. The number of rotatable bonds is 4. The summed E-state index contributed by atoms with van der Waals surface area (Å²) < 4.78 is 28.2. The van der Waals surface area contributed by atoms with Gasteiger partial charge in [0.05, 0.1) is 0 Å². The zero-order chi connectivity index (χ0) is 17.4. The van der Waals surface area contributed by atoms with Gasteiger partial charge in [-0.15, -0.1) is 0 Å². The van der Waals surface area contributed by atoms with E-state index in [1.54, 1.807) is 17.8 Å². The highest BCUT2D eigenvalue weighted by atomic mass is 32.2. The zero-order valence-corrected chi connectivity index (χ0v) is 15.0. The van der Waals surface area contributed by atoms with Crippen LogP contribution in [0.3, 0.4) is 0 Å². The van der Waals surface area contributed by atoms with Gasteiger partial charge >= 0.3 is 0 Å². The Morgan fingerprint density at radius 2 is 1.80 bits per heavy atom. The molecule has 0 amide bonds. The summed E-state index contributed by atoms with van der Waals surface area (Å²) in [5.41, 5.74) is 0. The maximum absolute atomic E-state index is 12.6. The number of aromatic nitrogens is 3. The molecule has 0 spiro atoms. The van der Waals surface area contributed by atoms with Crippen molar-refractivity contribution < 1.29 is 8.42 Å². The fraction of sp³-hybridized carbons (Fsp3) is 0.500. The summed E-state index contributed by atoms with van der Waals surface area (Å²) in [5.74, 6) is 1.01. The number of piperazine rings is 1. The monoisotopic (exact) mass is 362 g/mol. The van der Waals surface area contributed by atoms with Crippen molar-refractivity contribution in [2.24, 2.45) is 7.05 Å². The van der Waals surface area contributed by atoms with Crippen molar-refractivity contribution in [1.29, 1.82) is 0 Å². The maximum Gasteiger partial charge on any atom is 0.277 e. The predicted molar refractivity (Wildman–Crippen MR) is 93.8 cm³/mol. The lowest BCUT2D eigenvalue weighted by atomic mass is 10.1. The molecule has 0 unspecified atom stereocenters. The van der Waals surface area contributed by atoms with Gasteiger partial charge in [0.2, 0.25) is 5.16 Å². The number of anilines is 1. The van der Waals surface area contributed by atoms with E-state index in [0.717, 1.165) is 32.0 Å². The highest BCUT2D eigenvalue weighted by Gasteiger charge is 2.41. The smallest absolute Gasteiger partial charge is 0.277 e. The molecule has 0 radical (unpaired) electrons. The van der Waals surface area contributed by atoms with Gasteiger partial charge in [0.25, 0.3) is 10.0 Å². The Bertz CT molecular complexity index is 823. The van der Waals surface area contributed by atoms with Crippen LogP contribution in [-0.4, -0.2) is 77.5 Å². The van der Waals surface area contributed by atoms with E-state index in [1.807, 2.05) is 24.4 Å². The molecule has 2 aliphatic heterocycles. The average Bonchev–Trinajstić information content (AvgIpc) is 3.02. The van der Waals surface area contributed by atoms with Crippen molar-refractivity contribution in [1.82, 2.24) is 23.7 Å². The molecule has 0 saturated carbocycles. The molecule has 0 aromatic carbocycles. The van der Waals surface area contributed by atoms with Crippen molar-refractivity contribution in [3.05, 3.63) is 36.8 Å². The third-order valence-corrected chi connectivity index (χ3v) is 6.81. The number of nitrogens with zero attached hydrogens (tertiary/aromatic N) is 6. The third-order valence-electron chi connectivity index (χ3n) is 4.98. The second-order valence-corrected chi connectivity index (χ2v) is 8.34. The highest BCUT2D eigenvalue weighted by molar-refractivity contribution is 7.89. The third kappa shape index (κ3) is 3.03. The fourth-order valence-corrected chi connectivity index (χ4v) is 5.00. The van der Waals surface area contributed by atoms with Gasteiger partial charge in [-0.2, -0.15) is 4.31 Å². The van der Waals surface area contributed by atoms with Crippen LogP contribution in [0.1, 0.15) is 0 Å². The summed E-state index contributed by atoms with van der Waals surface area (Å²) in [4.78, 5) is 13.0. The van der Waals surface area contributed by atoms with Crippen LogP contribution in [0.5, 0.6) is 0 Å². The Kier molecular flexibility index (Phi) is 4.22. The number of imidazole rings is 1. The van der Waals surface area contributed by atoms with Crippen LogP contribution >= 0.6 is 0 Å². The van der Waals surface area contributed by atoms with Gasteiger partial charge < -0.3 is 9.47 Å². The summed E-state index contributed by atoms with van der Waals surface area (Å²) in [6, 6.07) is 6.24. The first kappa shape index (κ1) is 16.5. The molecular formula is C16H22N6O2S. The van der Waals surface area contributed by atoms with Crippen LogP contribution in [0, 0.1) is 0 Å². The van der Waals surface area contributed by atoms with E-state index in [1.165, 1.54) is 10.5 Å². The van der Waals surface area contributed by atoms with Gasteiger partial charge in [0.15, 0.2) is 0 Å². The molecule has 2 saturated heterocycles. The molecule has 2 fully saturated rings. The molecule has 4 rings (SSSR count). The molecular weight excluding hydrogens is 340 g/mol. The molecule has 25 heavy (non-hydrogen) atoms. The molecule has 0 bridgehead atoms. The SMILES string of the molecule is Cn1ccnc1S(=O)(=O)N1CC(N2CCN(c3ccccn3)CC2)C1. The minimum Gasteiger partial charge on any atom is -0.354 e. The molecule has 2 aliphatic rings. The zero-order valence-electron chi connectivity index (χ0n) is 14.2. The Morgan fingerprint density at radius 1 is 1.04 bits per heavy atom. The van der Waals surface area contributed by atoms with E-state index in [9.17, 15) is 8.42 Å². The van der Waals surface area contributed by atoms with Crippen molar-refractivity contribution >= 4 is 15.8 Å². The van der Waals surface area contributed by atoms with Crippen molar-refractivity contribution in [2.75, 3.05) is 44.2 Å². The molecule has 2 aromatic heterocycles. The first-order chi connectivity index (χ1) is 12.1. The van der Waals surface area contributed by atoms with E-state index in [4.69, 9.17) is 0 Å². The topological polar surface area (TPSA) is 74.6 Å². The van der Waals surface area contributed by atoms with Crippen LogP contribution in [0.15, 0.2) is 41.9 Å². The first-order valence-corrected chi connectivity index (χ1v) is 9.87. The Balaban J connectivity index is 1.33. The molecule has 0 aliphatic carbocycles. The molecule has 134 valence electrons. The van der Waals surface area contributed by atoms with Gasteiger partial charge in [-0.1, -0.05) is 6.07 Å². The van der Waals surface area contributed by atoms with Gasteiger partial charge in [-0.25, -0.2) is 18.4 Å². The normalized spacial score (nSPS) is 20.6. The molecule has 4 heterocycles. The summed E-state index contributed by atoms with van der Waals surface area (Å²) in [6.45, 7) is 4.77. The number of sulfonamides is 1. The predicted octanol–water partition coefficient (Wildman–Crippen LogP) is 0.0102. The lowest BCUT2D eigenvalue weighted by Gasteiger charge is -2.47. The maximum atomic E-state index is 12.6. The van der Waals surface area contributed by atoms with Crippen molar-refractivity contribution in [2.45, 2.75) is 11.2 Å². The Hall–Kier alpha value is -1.97. The van der Waals surface area contributed by atoms with Crippen molar-refractivity contribution in [3.63, 3.8) is 0 Å². The van der Waals surface area contributed by atoms with Crippen LogP contribution in [0.25, 0.3) is 0 Å². The minimum atomic E-state index is -3.48. The molecule has 8 nitrogen and oxygen atoms in total. The van der Waals surface area contributed by atoms with Gasteiger partial charge in [0.1, 0.15) is 5.82 Å². The summed E-state index contributed by atoms with van der Waals surface area (Å²) in [5, 5.41) is 0.117. The van der Waals surface area contributed by atoms with E-state index < -0.39 is 10.0 Å². The second kappa shape index (κ2) is 6.40. The minimum absolute atomic E-state index is 0.117. The molecule has 0 atom stereocenters. The number of aryl methyl sites for hydroxylation is 1. The average molecular weight is 362 g/mol. The highest BCUT2D eigenvalue weighted by Crippen LogP contribution is 2.24. The quantitative estimate of drug-likeness (QED) is 0.763. The van der Waals surface area contributed by atoms with Crippen molar-refractivity contribution in [3.8, 4) is 0 Å². The molecule has 0 N–H and O–H groups in total. The lowest BCUT2D eigenvalue weighted by molar-refractivity contribution is 0.0822. The number of hydrogen-bond donors (Lipinski definition) is 0. The summed E-state index contributed by atoms with van der Waals surface area (Å²) >= 11 is 0. The first-order valence-electron chi connectivity index (χ1n) is 8.43. The van der Waals surface area contributed by atoms with E-state index in [0.29, 0.717) is 19.1 Å². The summed E-state index contributed by atoms with van der Waals surface area (Å²) in [6.07, 6.45) is 4.98. The fourth-order valence-electron chi connectivity index (χ4n) is 3.42. The lowest BCUT2D eigenvalue weighted by Crippen LogP contribution is -2.64. The van der Waals surface area contributed by atoms with E-state index in [-0.39, 0.29) is 5.16 Å².